The molecule has 2 aliphatic rings. The molecule has 1 aromatic carbocycles. The lowest BCUT2D eigenvalue weighted by atomic mass is 10.3. The molecular formula is C10H9FN2O2S. The molecular weight excluding hydrogens is 231 g/mol. The summed E-state index contributed by atoms with van der Waals surface area (Å²) in [5.41, 5.74) is 0.545. The molecule has 3 rings (SSSR count). The third-order valence-corrected chi connectivity index (χ3v) is 4.14. The third-order valence-electron chi connectivity index (χ3n) is 2.81. The number of sulfonamides is 1. The fourth-order valence-corrected chi connectivity index (χ4v) is 3.39. The Hall–Kier alpha value is -1.43. The molecule has 0 unspecified atom stereocenters. The van der Waals surface area contributed by atoms with Crippen LogP contribution in [0.25, 0.3) is 0 Å². The molecule has 1 fully saturated rings. The van der Waals surface area contributed by atoms with E-state index in [9.17, 15) is 12.8 Å². The van der Waals surface area contributed by atoms with E-state index >= 15 is 0 Å². The fourth-order valence-electron chi connectivity index (χ4n) is 2.12. The van der Waals surface area contributed by atoms with Gasteiger partial charge in [-0.25, -0.2) is 4.39 Å². The molecule has 2 heterocycles. The highest BCUT2D eigenvalue weighted by atomic mass is 32.2. The Balaban J connectivity index is 2.31. The van der Waals surface area contributed by atoms with Gasteiger partial charge in [-0.2, -0.15) is 8.42 Å². The predicted molar refractivity (Wildman–Crippen MR) is 57.6 cm³/mol. The van der Waals surface area contributed by atoms with Crippen molar-refractivity contribution in [1.29, 1.82) is 0 Å². The van der Waals surface area contributed by atoms with E-state index in [2.05, 4.69) is 4.40 Å². The Morgan fingerprint density at radius 2 is 2.19 bits per heavy atom. The highest BCUT2D eigenvalue weighted by Gasteiger charge is 2.33. The van der Waals surface area contributed by atoms with Gasteiger partial charge < -0.3 is 4.90 Å². The molecule has 6 heteroatoms. The second kappa shape index (κ2) is 3.04. The summed E-state index contributed by atoms with van der Waals surface area (Å²) in [5.74, 6) is 0.0132. The molecule has 2 aliphatic heterocycles. The molecule has 0 amide bonds. The molecule has 0 radical (unpaired) electrons. The summed E-state index contributed by atoms with van der Waals surface area (Å²) in [5, 5.41) is 0. The van der Waals surface area contributed by atoms with Crippen LogP contribution in [-0.4, -0.2) is 20.8 Å². The van der Waals surface area contributed by atoms with Gasteiger partial charge in [0.1, 0.15) is 16.5 Å². The zero-order valence-corrected chi connectivity index (χ0v) is 9.17. The van der Waals surface area contributed by atoms with Crippen molar-refractivity contribution in [1.82, 2.24) is 0 Å². The molecule has 0 aliphatic carbocycles. The van der Waals surface area contributed by atoms with Crippen molar-refractivity contribution in [3.63, 3.8) is 0 Å². The summed E-state index contributed by atoms with van der Waals surface area (Å²) in [6, 6.07) is 3.81. The van der Waals surface area contributed by atoms with Crippen molar-refractivity contribution in [2.45, 2.75) is 17.7 Å². The summed E-state index contributed by atoms with van der Waals surface area (Å²) in [7, 11) is -3.71. The highest BCUT2D eigenvalue weighted by Crippen LogP contribution is 2.35. The second-order valence-electron chi connectivity index (χ2n) is 3.85. The van der Waals surface area contributed by atoms with E-state index in [1.807, 2.05) is 4.90 Å². The predicted octanol–water partition coefficient (Wildman–Crippen LogP) is 1.53. The Bertz CT molecular complexity index is 595. The van der Waals surface area contributed by atoms with Crippen molar-refractivity contribution >= 4 is 21.5 Å². The van der Waals surface area contributed by atoms with Crippen molar-refractivity contribution in [3.05, 3.63) is 24.0 Å². The molecule has 0 bridgehead atoms. The molecule has 0 spiro atoms. The molecule has 0 N–H and O–H groups in total. The van der Waals surface area contributed by atoms with Crippen LogP contribution in [0, 0.1) is 5.82 Å². The van der Waals surface area contributed by atoms with Gasteiger partial charge in [-0.3, -0.25) is 0 Å². The van der Waals surface area contributed by atoms with Crippen molar-refractivity contribution in [2.24, 2.45) is 4.40 Å². The van der Waals surface area contributed by atoms with Gasteiger partial charge in [0.05, 0.1) is 5.69 Å². The van der Waals surface area contributed by atoms with Crippen LogP contribution in [0.2, 0.25) is 0 Å². The minimum absolute atomic E-state index is 0.0295. The fraction of sp³-hybridized carbons (Fsp3) is 0.300. The van der Waals surface area contributed by atoms with E-state index in [-0.39, 0.29) is 4.90 Å². The van der Waals surface area contributed by atoms with E-state index < -0.39 is 15.8 Å². The first-order valence-electron chi connectivity index (χ1n) is 4.99. The van der Waals surface area contributed by atoms with E-state index in [1.165, 1.54) is 12.1 Å². The number of nitrogens with zero attached hydrogens (tertiary/aromatic N) is 2. The SMILES string of the molecule is O=S1(=O)N=C2CCCN2c2ccc(F)cc21. The first-order valence-corrected chi connectivity index (χ1v) is 6.43. The van der Waals surface area contributed by atoms with Gasteiger partial charge >= 0.3 is 0 Å². The van der Waals surface area contributed by atoms with Crippen LogP contribution in [0.1, 0.15) is 12.8 Å². The van der Waals surface area contributed by atoms with Crippen LogP contribution >= 0.6 is 0 Å². The second-order valence-corrected chi connectivity index (χ2v) is 5.42. The summed E-state index contributed by atoms with van der Waals surface area (Å²) < 4.78 is 40.3. The average molecular weight is 240 g/mol. The maximum atomic E-state index is 13.1. The van der Waals surface area contributed by atoms with Crippen LogP contribution in [0.5, 0.6) is 0 Å². The minimum Gasteiger partial charge on any atom is -0.328 e. The standard InChI is InChI=1S/C10H9FN2O2S/c11-7-3-4-8-9(6-7)16(14,15)12-10-2-1-5-13(8)10/h3-4,6H,1-2,5H2. The molecule has 4 nitrogen and oxygen atoms in total. The van der Waals surface area contributed by atoms with Gasteiger partial charge in [0.15, 0.2) is 0 Å². The van der Waals surface area contributed by atoms with Gasteiger partial charge in [-0.15, -0.1) is 4.40 Å². The lowest BCUT2D eigenvalue weighted by Gasteiger charge is -2.25. The normalized spacial score (nSPS) is 21.3. The maximum absolute atomic E-state index is 13.1. The number of hydrogen-bond donors (Lipinski definition) is 0. The summed E-state index contributed by atoms with van der Waals surface area (Å²) in [4.78, 5) is 1.81. The number of amidine groups is 1. The lowest BCUT2D eigenvalue weighted by molar-refractivity contribution is 0.591. The van der Waals surface area contributed by atoms with Crippen molar-refractivity contribution < 1.29 is 12.8 Å². The maximum Gasteiger partial charge on any atom is 0.286 e. The number of anilines is 1. The molecule has 84 valence electrons. The van der Waals surface area contributed by atoms with Gasteiger partial charge in [-0.05, 0) is 24.6 Å². The van der Waals surface area contributed by atoms with Crippen LogP contribution < -0.4 is 4.90 Å². The lowest BCUT2D eigenvalue weighted by Crippen LogP contribution is -2.30. The van der Waals surface area contributed by atoms with Gasteiger partial charge in [0.25, 0.3) is 10.0 Å². The Labute approximate surface area is 92.5 Å². The third kappa shape index (κ3) is 1.26. The number of hydrogen-bond acceptors (Lipinski definition) is 3. The largest absolute Gasteiger partial charge is 0.328 e. The van der Waals surface area contributed by atoms with Gasteiger partial charge in [0, 0.05) is 13.0 Å². The van der Waals surface area contributed by atoms with Crippen molar-refractivity contribution in [2.75, 3.05) is 11.4 Å². The molecule has 1 aromatic rings. The number of rotatable bonds is 0. The molecule has 0 saturated carbocycles. The zero-order valence-electron chi connectivity index (χ0n) is 8.35. The summed E-state index contributed by atoms with van der Waals surface area (Å²) in [6.45, 7) is 0.743. The smallest absolute Gasteiger partial charge is 0.286 e. The molecule has 0 atom stereocenters. The van der Waals surface area contributed by atoms with E-state index in [1.54, 1.807) is 0 Å². The quantitative estimate of drug-likeness (QED) is 0.691. The molecule has 1 saturated heterocycles. The summed E-state index contributed by atoms with van der Waals surface area (Å²) >= 11 is 0. The Morgan fingerprint density at radius 3 is 3.00 bits per heavy atom. The number of benzene rings is 1. The van der Waals surface area contributed by atoms with Crippen LogP contribution in [0.4, 0.5) is 10.1 Å². The first-order chi connectivity index (χ1) is 7.58. The number of fused-ring (bicyclic) bond motifs is 3. The topological polar surface area (TPSA) is 49.7 Å². The van der Waals surface area contributed by atoms with Crippen LogP contribution in [0.3, 0.4) is 0 Å². The van der Waals surface area contributed by atoms with Gasteiger partial charge in [-0.1, -0.05) is 0 Å². The van der Waals surface area contributed by atoms with E-state index in [0.29, 0.717) is 17.9 Å². The molecule has 16 heavy (non-hydrogen) atoms. The summed E-state index contributed by atoms with van der Waals surface area (Å²) in [6.07, 6.45) is 1.54. The number of halogens is 1. The van der Waals surface area contributed by atoms with Crippen LogP contribution in [-0.2, 0) is 10.0 Å². The average Bonchev–Trinajstić information content (AvgIpc) is 2.65. The Morgan fingerprint density at radius 1 is 1.38 bits per heavy atom. The van der Waals surface area contributed by atoms with Crippen LogP contribution in [0.15, 0.2) is 27.5 Å². The Kier molecular flexibility index (Phi) is 1.85. The van der Waals surface area contributed by atoms with E-state index in [0.717, 1.165) is 19.0 Å². The first kappa shape index (κ1) is 9.77. The minimum atomic E-state index is -3.71. The zero-order chi connectivity index (χ0) is 11.3. The highest BCUT2D eigenvalue weighted by molar-refractivity contribution is 7.90. The monoisotopic (exact) mass is 240 g/mol. The molecule has 0 aromatic heterocycles. The van der Waals surface area contributed by atoms with Crippen molar-refractivity contribution in [3.8, 4) is 0 Å². The van der Waals surface area contributed by atoms with Gasteiger partial charge in [0.2, 0.25) is 0 Å². The van der Waals surface area contributed by atoms with E-state index in [4.69, 9.17) is 0 Å².